The van der Waals surface area contributed by atoms with Gasteiger partial charge in [-0.2, -0.15) is 0 Å². The molecule has 108 valence electrons. The van der Waals surface area contributed by atoms with Gasteiger partial charge in [-0.1, -0.05) is 23.8 Å². The number of anilines is 2. The number of rotatable bonds is 2. The molecule has 2 aromatic rings. The number of carbonyl (C=O) groups excluding carboxylic acids is 2. The van der Waals surface area contributed by atoms with Crippen molar-refractivity contribution in [1.29, 1.82) is 0 Å². The maximum Gasteiger partial charge on any atom is 0.314 e. The van der Waals surface area contributed by atoms with E-state index in [9.17, 15) is 9.59 Å². The lowest BCUT2D eigenvalue weighted by Gasteiger charge is -2.08. The van der Waals surface area contributed by atoms with Crippen LogP contribution in [0.5, 0.6) is 0 Å². The Bertz CT molecular complexity index is 681. The average molecular weight is 347 g/mol. The highest BCUT2D eigenvalue weighted by atomic mass is 79.9. The van der Waals surface area contributed by atoms with E-state index in [0.29, 0.717) is 11.4 Å². The van der Waals surface area contributed by atoms with Crippen molar-refractivity contribution in [2.24, 2.45) is 0 Å². The first-order chi connectivity index (χ1) is 9.95. The van der Waals surface area contributed by atoms with Gasteiger partial charge in [-0.05, 0) is 59.6 Å². The quantitative estimate of drug-likeness (QED) is 0.815. The first-order valence-corrected chi connectivity index (χ1v) is 7.20. The van der Waals surface area contributed by atoms with E-state index in [2.05, 4.69) is 26.6 Å². The summed E-state index contributed by atoms with van der Waals surface area (Å²) in [5, 5.41) is 5.12. The molecule has 5 heteroatoms. The zero-order valence-electron chi connectivity index (χ0n) is 11.7. The maximum atomic E-state index is 11.9. The third kappa shape index (κ3) is 4.16. The fourth-order valence-electron chi connectivity index (χ4n) is 1.73. The van der Waals surface area contributed by atoms with Crippen molar-refractivity contribution in [3.05, 3.63) is 58.1 Å². The van der Waals surface area contributed by atoms with Crippen LogP contribution in [0.4, 0.5) is 11.4 Å². The molecule has 4 nitrogen and oxygen atoms in total. The molecule has 2 rings (SSSR count). The molecule has 0 fully saturated rings. The molecule has 2 N–H and O–H groups in total. The molecule has 0 radical (unpaired) electrons. The number of halogens is 1. The first-order valence-electron chi connectivity index (χ1n) is 6.41. The number of nitrogens with one attached hydrogen (secondary N) is 2. The molecule has 0 aliphatic rings. The maximum absolute atomic E-state index is 11.9. The van der Waals surface area contributed by atoms with Gasteiger partial charge in [0.25, 0.3) is 0 Å². The van der Waals surface area contributed by atoms with E-state index in [0.717, 1.165) is 15.6 Å². The molecule has 0 atom stereocenters. The van der Waals surface area contributed by atoms with Crippen LogP contribution in [0.3, 0.4) is 0 Å². The summed E-state index contributed by atoms with van der Waals surface area (Å²) in [6.45, 7) is 3.90. The van der Waals surface area contributed by atoms with Crippen molar-refractivity contribution < 1.29 is 9.59 Å². The molecule has 0 saturated heterocycles. The molecule has 0 saturated carbocycles. The van der Waals surface area contributed by atoms with Crippen LogP contribution in [0.1, 0.15) is 11.1 Å². The molecular formula is C16H15BrN2O2. The van der Waals surface area contributed by atoms with Gasteiger partial charge in [0.1, 0.15) is 0 Å². The molecule has 2 amide bonds. The van der Waals surface area contributed by atoms with Crippen LogP contribution in [-0.4, -0.2) is 11.8 Å². The third-order valence-electron chi connectivity index (χ3n) is 2.89. The number of hydrogen-bond acceptors (Lipinski definition) is 2. The van der Waals surface area contributed by atoms with E-state index >= 15 is 0 Å². The number of carbonyl (C=O) groups is 2. The minimum absolute atomic E-state index is 0.560. The molecule has 0 spiro atoms. The Morgan fingerprint density at radius 1 is 0.857 bits per heavy atom. The smallest absolute Gasteiger partial charge is 0.314 e. The molecule has 0 bridgehead atoms. The molecule has 0 aliphatic carbocycles. The van der Waals surface area contributed by atoms with Gasteiger partial charge >= 0.3 is 11.8 Å². The van der Waals surface area contributed by atoms with Crippen molar-refractivity contribution in [2.45, 2.75) is 13.8 Å². The molecule has 21 heavy (non-hydrogen) atoms. The van der Waals surface area contributed by atoms with Gasteiger partial charge in [-0.25, -0.2) is 0 Å². The van der Waals surface area contributed by atoms with Crippen LogP contribution in [0, 0.1) is 13.8 Å². The fourth-order valence-corrected chi connectivity index (χ4v) is 2.32. The number of hydrogen-bond donors (Lipinski definition) is 2. The molecule has 0 heterocycles. The summed E-state index contributed by atoms with van der Waals surface area (Å²) in [7, 11) is 0. The zero-order valence-corrected chi connectivity index (χ0v) is 13.3. The van der Waals surface area contributed by atoms with Crippen LogP contribution in [-0.2, 0) is 9.59 Å². The predicted molar refractivity (Wildman–Crippen MR) is 87.3 cm³/mol. The second-order valence-electron chi connectivity index (χ2n) is 4.76. The van der Waals surface area contributed by atoms with E-state index < -0.39 is 11.8 Å². The van der Waals surface area contributed by atoms with Crippen molar-refractivity contribution in [3.63, 3.8) is 0 Å². The van der Waals surface area contributed by atoms with Gasteiger partial charge in [0, 0.05) is 10.2 Å². The lowest BCUT2D eigenvalue weighted by molar-refractivity contribution is -0.133. The van der Waals surface area contributed by atoms with Gasteiger partial charge in [-0.15, -0.1) is 0 Å². The standard InChI is InChI=1S/C16H15BrN2O2/c1-10-3-6-12(7-4-10)18-15(20)16(21)19-14-8-5-11(2)9-13(14)17/h3-9H,1-2H3,(H,18,20)(H,19,21). The van der Waals surface area contributed by atoms with Crippen molar-refractivity contribution in [2.75, 3.05) is 10.6 Å². The van der Waals surface area contributed by atoms with E-state index in [4.69, 9.17) is 0 Å². The molecule has 0 aromatic heterocycles. The Balaban J connectivity index is 2.02. The Hall–Kier alpha value is -2.14. The van der Waals surface area contributed by atoms with Crippen LogP contribution in [0.15, 0.2) is 46.9 Å². The lowest BCUT2D eigenvalue weighted by atomic mass is 10.2. The zero-order chi connectivity index (χ0) is 15.4. The van der Waals surface area contributed by atoms with E-state index in [1.807, 2.05) is 38.1 Å². The van der Waals surface area contributed by atoms with Crippen molar-refractivity contribution >= 4 is 39.1 Å². The normalized spacial score (nSPS) is 10.0. The summed E-state index contributed by atoms with van der Waals surface area (Å²) < 4.78 is 0.735. The molecular weight excluding hydrogens is 332 g/mol. The molecule has 2 aromatic carbocycles. The Labute approximate surface area is 131 Å². The second-order valence-corrected chi connectivity index (χ2v) is 5.61. The predicted octanol–water partition coefficient (Wildman–Crippen LogP) is 3.64. The Kier molecular flexibility index (Phi) is 4.75. The second kappa shape index (κ2) is 6.54. The topological polar surface area (TPSA) is 58.2 Å². The number of aryl methyl sites for hydroxylation is 2. The van der Waals surface area contributed by atoms with Crippen LogP contribution < -0.4 is 10.6 Å². The molecule has 0 unspecified atom stereocenters. The van der Waals surface area contributed by atoms with E-state index in [-0.39, 0.29) is 0 Å². The van der Waals surface area contributed by atoms with Gasteiger partial charge < -0.3 is 10.6 Å². The van der Waals surface area contributed by atoms with Crippen LogP contribution in [0.2, 0.25) is 0 Å². The van der Waals surface area contributed by atoms with Gasteiger partial charge in [0.15, 0.2) is 0 Å². The van der Waals surface area contributed by atoms with E-state index in [1.54, 1.807) is 18.2 Å². The summed E-state index contributed by atoms with van der Waals surface area (Å²) >= 11 is 3.35. The third-order valence-corrected chi connectivity index (χ3v) is 3.54. The minimum Gasteiger partial charge on any atom is -0.318 e. The van der Waals surface area contributed by atoms with Gasteiger partial charge in [-0.3, -0.25) is 9.59 Å². The Morgan fingerprint density at radius 3 is 2.05 bits per heavy atom. The number of benzene rings is 2. The van der Waals surface area contributed by atoms with E-state index in [1.165, 1.54) is 0 Å². The van der Waals surface area contributed by atoms with Gasteiger partial charge in [0.2, 0.25) is 0 Å². The average Bonchev–Trinajstić information content (AvgIpc) is 2.44. The van der Waals surface area contributed by atoms with Crippen molar-refractivity contribution in [3.8, 4) is 0 Å². The highest BCUT2D eigenvalue weighted by Gasteiger charge is 2.15. The minimum atomic E-state index is -0.708. The summed E-state index contributed by atoms with van der Waals surface area (Å²) in [5.74, 6) is -1.41. The Morgan fingerprint density at radius 2 is 1.43 bits per heavy atom. The summed E-state index contributed by atoms with van der Waals surface area (Å²) in [6.07, 6.45) is 0. The highest BCUT2D eigenvalue weighted by Crippen LogP contribution is 2.23. The summed E-state index contributed by atoms with van der Waals surface area (Å²) in [6, 6.07) is 12.7. The fraction of sp³-hybridized carbons (Fsp3) is 0.125. The number of amides is 2. The van der Waals surface area contributed by atoms with Gasteiger partial charge in [0.05, 0.1) is 5.69 Å². The summed E-state index contributed by atoms with van der Waals surface area (Å²) in [4.78, 5) is 23.7. The monoisotopic (exact) mass is 346 g/mol. The van der Waals surface area contributed by atoms with Crippen LogP contribution >= 0.6 is 15.9 Å². The summed E-state index contributed by atoms with van der Waals surface area (Å²) in [5.41, 5.74) is 3.29. The highest BCUT2D eigenvalue weighted by molar-refractivity contribution is 9.10. The lowest BCUT2D eigenvalue weighted by Crippen LogP contribution is -2.29. The molecule has 0 aliphatic heterocycles. The largest absolute Gasteiger partial charge is 0.318 e. The first kappa shape index (κ1) is 15.3. The van der Waals surface area contributed by atoms with Crippen molar-refractivity contribution in [1.82, 2.24) is 0 Å². The van der Waals surface area contributed by atoms with Crippen LogP contribution in [0.25, 0.3) is 0 Å². The SMILES string of the molecule is Cc1ccc(NC(=O)C(=O)Nc2ccc(C)cc2Br)cc1.